The van der Waals surface area contributed by atoms with E-state index in [0.29, 0.717) is 0 Å². The molecule has 2 aromatic rings. The van der Waals surface area contributed by atoms with Crippen LogP contribution in [0.2, 0.25) is 0 Å². The van der Waals surface area contributed by atoms with Crippen LogP contribution in [0.4, 0.5) is 22.7 Å². The van der Waals surface area contributed by atoms with E-state index in [4.69, 9.17) is 16.2 Å². The van der Waals surface area contributed by atoms with E-state index in [1.54, 1.807) is 0 Å². The normalized spacial score (nSPS) is 15.1. The number of rotatable bonds is 8. The van der Waals surface area contributed by atoms with Gasteiger partial charge in [-0.15, -0.1) is 0 Å². The number of hydrogen-bond acceptors (Lipinski definition) is 6. The zero-order chi connectivity index (χ0) is 18.9. The van der Waals surface area contributed by atoms with Crippen molar-refractivity contribution in [2.45, 2.75) is 6.54 Å². The smallest absolute Gasteiger partial charge is 0.0622 e. The van der Waals surface area contributed by atoms with Gasteiger partial charge in [-0.3, -0.25) is 4.90 Å². The molecule has 6 N–H and O–H groups in total. The lowest BCUT2D eigenvalue weighted by atomic mass is 10.1. The predicted octanol–water partition coefficient (Wildman–Crippen LogP) is 2.76. The summed E-state index contributed by atoms with van der Waals surface area (Å²) in [5, 5.41) is 6.76. The van der Waals surface area contributed by atoms with E-state index >= 15 is 0 Å². The maximum Gasteiger partial charge on any atom is 0.0622 e. The Bertz CT molecular complexity index is 756. The lowest BCUT2D eigenvalue weighted by Crippen LogP contribution is -2.35. The van der Waals surface area contributed by atoms with Crippen molar-refractivity contribution < 1.29 is 4.74 Å². The third-order valence-corrected chi connectivity index (χ3v) is 4.62. The zero-order valence-corrected chi connectivity index (χ0v) is 15.7. The first kappa shape index (κ1) is 19.1. The number of nitrogens with zero attached hydrogens (tertiary/aromatic N) is 1. The van der Waals surface area contributed by atoms with Crippen LogP contribution in [-0.2, 0) is 11.3 Å². The summed E-state index contributed by atoms with van der Waals surface area (Å²) >= 11 is 0. The third kappa shape index (κ3) is 5.64. The second-order valence-electron chi connectivity index (χ2n) is 6.59. The molecular formula is C21H29N5O. The summed E-state index contributed by atoms with van der Waals surface area (Å²) in [5.74, 6) is 0. The monoisotopic (exact) mass is 367 g/mol. The van der Waals surface area contributed by atoms with Gasteiger partial charge in [0.1, 0.15) is 0 Å². The SMILES string of the molecule is Nc1ccccc1NC/C=C/CNc1c(N)cccc1CN1CCOCC1. The van der Waals surface area contributed by atoms with Crippen LogP contribution >= 0.6 is 0 Å². The number of nitrogens with two attached hydrogens (primary N) is 2. The predicted molar refractivity (Wildman–Crippen MR) is 114 cm³/mol. The zero-order valence-electron chi connectivity index (χ0n) is 15.7. The number of ether oxygens (including phenoxy) is 1. The molecule has 0 amide bonds. The van der Waals surface area contributed by atoms with Crippen molar-refractivity contribution in [3.63, 3.8) is 0 Å². The minimum atomic E-state index is 0.719. The highest BCUT2D eigenvalue weighted by atomic mass is 16.5. The van der Waals surface area contributed by atoms with Gasteiger partial charge in [0.15, 0.2) is 0 Å². The lowest BCUT2D eigenvalue weighted by Gasteiger charge is -2.27. The Labute approximate surface area is 161 Å². The van der Waals surface area contributed by atoms with Crippen molar-refractivity contribution in [1.82, 2.24) is 4.90 Å². The highest BCUT2D eigenvalue weighted by Crippen LogP contribution is 2.25. The average molecular weight is 367 g/mol. The minimum Gasteiger partial charge on any atom is -0.397 e. The van der Waals surface area contributed by atoms with Crippen molar-refractivity contribution in [1.29, 1.82) is 0 Å². The summed E-state index contributed by atoms with van der Waals surface area (Å²) in [5.41, 5.74) is 16.9. The van der Waals surface area contributed by atoms with Crippen LogP contribution in [0.5, 0.6) is 0 Å². The van der Waals surface area contributed by atoms with Gasteiger partial charge < -0.3 is 26.8 Å². The summed E-state index contributed by atoms with van der Waals surface area (Å²) < 4.78 is 5.43. The average Bonchev–Trinajstić information content (AvgIpc) is 2.68. The number of morpholine rings is 1. The molecule has 3 rings (SSSR count). The van der Waals surface area contributed by atoms with Gasteiger partial charge in [-0.05, 0) is 23.8 Å². The maximum absolute atomic E-state index is 6.20. The molecule has 144 valence electrons. The fourth-order valence-electron chi connectivity index (χ4n) is 3.12. The molecule has 2 aromatic carbocycles. The molecule has 6 heteroatoms. The van der Waals surface area contributed by atoms with Crippen LogP contribution in [0.25, 0.3) is 0 Å². The number of nitrogens with one attached hydrogen (secondary N) is 2. The summed E-state index contributed by atoms with van der Waals surface area (Å²) in [6.07, 6.45) is 4.18. The number of para-hydroxylation sites is 3. The summed E-state index contributed by atoms with van der Waals surface area (Å²) in [4.78, 5) is 2.40. The Morgan fingerprint density at radius 1 is 0.889 bits per heavy atom. The Balaban J connectivity index is 1.50. The van der Waals surface area contributed by atoms with Crippen LogP contribution in [0, 0.1) is 0 Å². The van der Waals surface area contributed by atoms with Crippen molar-refractivity contribution in [3.8, 4) is 0 Å². The first-order valence-electron chi connectivity index (χ1n) is 9.39. The second kappa shape index (κ2) is 9.85. The Morgan fingerprint density at radius 3 is 2.37 bits per heavy atom. The van der Waals surface area contributed by atoms with Gasteiger partial charge in [-0.2, -0.15) is 0 Å². The van der Waals surface area contributed by atoms with E-state index in [1.165, 1.54) is 5.56 Å². The van der Waals surface area contributed by atoms with Crippen LogP contribution < -0.4 is 22.1 Å². The van der Waals surface area contributed by atoms with Gasteiger partial charge in [0.05, 0.1) is 36.0 Å². The molecule has 1 heterocycles. The molecule has 0 radical (unpaired) electrons. The van der Waals surface area contributed by atoms with Gasteiger partial charge in [0, 0.05) is 32.7 Å². The van der Waals surface area contributed by atoms with Gasteiger partial charge in [-0.1, -0.05) is 36.4 Å². The maximum atomic E-state index is 6.20. The van der Waals surface area contributed by atoms with Crippen LogP contribution in [0.1, 0.15) is 5.56 Å². The topological polar surface area (TPSA) is 88.6 Å². The largest absolute Gasteiger partial charge is 0.397 e. The molecule has 0 aromatic heterocycles. The number of anilines is 4. The molecule has 6 nitrogen and oxygen atoms in total. The van der Waals surface area contributed by atoms with Crippen LogP contribution in [0.15, 0.2) is 54.6 Å². The molecule has 0 aliphatic carbocycles. The van der Waals surface area contributed by atoms with Crippen molar-refractivity contribution in [2.75, 3.05) is 61.5 Å². The Kier molecular flexibility index (Phi) is 6.96. The molecule has 1 aliphatic heterocycles. The molecule has 1 saturated heterocycles. The van der Waals surface area contributed by atoms with Gasteiger partial charge in [0.25, 0.3) is 0 Å². The van der Waals surface area contributed by atoms with E-state index in [1.807, 2.05) is 36.4 Å². The van der Waals surface area contributed by atoms with E-state index in [2.05, 4.69) is 33.8 Å². The molecule has 0 spiro atoms. The summed E-state index contributed by atoms with van der Waals surface area (Å²) in [6, 6.07) is 13.9. The molecule has 0 unspecified atom stereocenters. The van der Waals surface area contributed by atoms with Gasteiger partial charge in [-0.25, -0.2) is 0 Å². The number of hydrogen-bond donors (Lipinski definition) is 4. The molecule has 0 bridgehead atoms. The fraction of sp³-hybridized carbons (Fsp3) is 0.333. The Morgan fingerprint density at radius 2 is 1.59 bits per heavy atom. The number of benzene rings is 2. The van der Waals surface area contributed by atoms with Gasteiger partial charge in [0.2, 0.25) is 0 Å². The van der Waals surface area contributed by atoms with E-state index in [0.717, 1.165) is 68.7 Å². The highest BCUT2D eigenvalue weighted by molar-refractivity contribution is 5.70. The highest BCUT2D eigenvalue weighted by Gasteiger charge is 2.13. The molecular weight excluding hydrogens is 338 g/mol. The first-order valence-corrected chi connectivity index (χ1v) is 9.39. The van der Waals surface area contributed by atoms with Crippen molar-refractivity contribution in [2.24, 2.45) is 0 Å². The van der Waals surface area contributed by atoms with Crippen molar-refractivity contribution >= 4 is 22.7 Å². The molecule has 1 fully saturated rings. The third-order valence-electron chi connectivity index (χ3n) is 4.62. The number of nitrogen functional groups attached to an aromatic ring is 2. The summed E-state index contributed by atoms with van der Waals surface area (Å²) in [7, 11) is 0. The molecule has 0 saturated carbocycles. The summed E-state index contributed by atoms with van der Waals surface area (Å²) in [6.45, 7) is 5.84. The minimum absolute atomic E-state index is 0.719. The standard InChI is InChI=1S/C21H29N5O/c22-18-7-1-2-9-20(18)24-10-3-4-11-25-21-17(6-5-8-19(21)23)16-26-12-14-27-15-13-26/h1-9,24-25H,10-16,22-23H2/b4-3+. The van der Waals surface area contributed by atoms with Gasteiger partial charge >= 0.3 is 0 Å². The lowest BCUT2D eigenvalue weighted by molar-refractivity contribution is 0.0343. The quantitative estimate of drug-likeness (QED) is 0.424. The molecule has 27 heavy (non-hydrogen) atoms. The molecule has 0 atom stereocenters. The van der Waals surface area contributed by atoms with E-state index in [9.17, 15) is 0 Å². The Hall–Kier alpha value is -2.70. The van der Waals surface area contributed by atoms with Crippen LogP contribution in [0.3, 0.4) is 0 Å². The fourth-order valence-corrected chi connectivity index (χ4v) is 3.12. The van der Waals surface area contributed by atoms with E-state index < -0.39 is 0 Å². The second-order valence-corrected chi connectivity index (χ2v) is 6.59. The first-order chi connectivity index (χ1) is 13.2. The van der Waals surface area contributed by atoms with Crippen molar-refractivity contribution in [3.05, 3.63) is 60.2 Å². The van der Waals surface area contributed by atoms with E-state index in [-0.39, 0.29) is 0 Å². The van der Waals surface area contributed by atoms with Crippen LogP contribution in [-0.4, -0.2) is 44.3 Å². The molecule has 1 aliphatic rings.